The fraction of sp³-hybridized carbons (Fsp3) is 0.800. The Balaban J connectivity index is 1.63. The minimum atomic E-state index is -3.16. The lowest BCUT2D eigenvalue weighted by atomic mass is 10.0. The first-order chi connectivity index (χ1) is 10.6. The van der Waals surface area contributed by atoms with Gasteiger partial charge in [-0.1, -0.05) is 0 Å². The summed E-state index contributed by atoms with van der Waals surface area (Å²) in [6.07, 6.45) is 6.08. The number of nitrogens with zero attached hydrogens (tertiary/aromatic N) is 3. The largest absolute Gasteiger partial charge is 0.384 e. The minimum Gasteiger partial charge on any atom is -0.384 e. The molecular weight excluding hydrogens is 302 g/mol. The van der Waals surface area contributed by atoms with Crippen LogP contribution >= 0.6 is 0 Å². The number of aromatic nitrogens is 2. The van der Waals surface area contributed by atoms with E-state index in [1.54, 1.807) is 11.4 Å². The average Bonchev–Trinajstić information content (AvgIpc) is 3.38. The number of ether oxygens (including phenoxy) is 1. The molecule has 4 rings (SSSR count). The van der Waals surface area contributed by atoms with Crippen LogP contribution in [0.1, 0.15) is 43.0 Å². The normalized spacial score (nSPS) is 26.1. The van der Waals surface area contributed by atoms with Crippen molar-refractivity contribution in [2.75, 3.05) is 20.3 Å². The number of hydrogen-bond acceptors (Lipinski definition) is 4. The Hall–Kier alpha value is -0.920. The standard InChI is InChI=1S/C15H23N3O3S/c1-21-9-12-7-18(22(19,20)13-4-5-13)8-14-15(12)17(10-16-14)6-11-2-3-11/h10-13H,2-9H2,1H3/t12-/m1/s1. The molecule has 0 saturated heterocycles. The zero-order valence-corrected chi connectivity index (χ0v) is 13.8. The van der Waals surface area contributed by atoms with E-state index in [2.05, 4.69) is 9.55 Å². The van der Waals surface area contributed by atoms with E-state index in [4.69, 9.17) is 4.74 Å². The summed E-state index contributed by atoms with van der Waals surface area (Å²) in [7, 11) is -1.48. The predicted octanol–water partition coefficient (Wildman–Crippen LogP) is 1.33. The van der Waals surface area contributed by atoms with Crippen LogP contribution in [0.25, 0.3) is 0 Å². The topological polar surface area (TPSA) is 64.4 Å². The zero-order chi connectivity index (χ0) is 15.3. The number of imidazole rings is 1. The molecule has 1 atom stereocenters. The summed E-state index contributed by atoms with van der Waals surface area (Å²) in [4.78, 5) is 4.51. The lowest BCUT2D eigenvalue weighted by Gasteiger charge is -2.32. The molecular formula is C15H23N3O3S. The molecule has 0 bridgehead atoms. The molecule has 2 heterocycles. The van der Waals surface area contributed by atoms with Gasteiger partial charge in [0.25, 0.3) is 0 Å². The number of rotatable bonds is 6. The number of sulfonamides is 1. The van der Waals surface area contributed by atoms with Crippen molar-refractivity contribution in [1.29, 1.82) is 0 Å². The van der Waals surface area contributed by atoms with E-state index in [1.807, 2.05) is 6.33 Å². The van der Waals surface area contributed by atoms with Crippen molar-refractivity contribution < 1.29 is 13.2 Å². The molecule has 2 fully saturated rings. The van der Waals surface area contributed by atoms with Crippen molar-refractivity contribution in [3.8, 4) is 0 Å². The Labute approximate surface area is 131 Å². The maximum Gasteiger partial charge on any atom is 0.217 e. The highest BCUT2D eigenvalue weighted by Gasteiger charge is 2.43. The third-order valence-electron chi connectivity index (χ3n) is 4.92. The summed E-state index contributed by atoms with van der Waals surface area (Å²) in [6.45, 7) is 2.50. The third-order valence-corrected chi connectivity index (χ3v) is 7.23. The van der Waals surface area contributed by atoms with Crippen LogP contribution in [-0.2, 0) is 27.8 Å². The van der Waals surface area contributed by atoms with Crippen molar-refractivity contribution in [2.24, 2.45) is 5.92 Å². The Kier molecular flexibility index (Phi) is 3.54. The molecule has 0 aromatic carbocycles. The quantitative estimate of drug-likeness (QED) is 0.791. The molecule has 6 nitrogen and oxygen atoms in total. The molecule has 1 aromatic heterocycles. The van der Waals surface area contributed by atoms with Gasteiger partial charge in [0.2, 0.25) is 10.0 Å². The summed E-state index contributed by atoms with van der Waals surface area (Å²) >= 11 is 0. The molecule has 22 heavy (non-hydrogen) atoms. The first-order valence-corrected chi connectivity index (χ1v) is 9.61. The minimum absolute atomic E-state index is 0.0866. The van der Waals surface area contributed by atoms with Crippen molar-refractivity contribution >= 4 is 10.0 Å². The second-order valence-electron chi connectivity index (χ2n) is 6.86. The summed E-state index contributed by atoms with van der Waals surface area (Å²) < 4.78 is 34.3. The second-order valence-corrected chi connectivity index (χ2v) is 9.07. The Bertz CT molecular complexity index is 662. The molecule has 0 radical (unpaired) electrons. The molecule has 1 aromatic rings. The molecule has 2 saturated carbocycles. The van der Waals surface area contributed by atoms with E-state index >= 15 is 0 Å². The summed E-state index contributed by atoms with van der Waals surface area (Å²) in [5.41, 5.74) is 2.11. The van der Waals surface area contributed by atoms with E-state index in [0.29, 0.717) is 19.7 Å². The molecule has 0 unspecified atom stereocenters. The van der Waals surface area contributed by atoms with Crippen LogP contribution in [-0.4, -0.2) is 47.8 Å². The smallest absolute Gasteiger partial charge is 0.217 e. The van der Waals surface area contributed by atoms with E-state index in [-0.39, 0.29) is 11.2 Å². The Morgan fingerprint density at radius 2 is 2.09 bits per heavy atom. The molecule has 1 aliphatic heterocycles. The van der Waals surface area contributed by atoms with Crippen molar-refractivity contribution in [1.82, 2.24) is 13.9 Å². The van der Waals surface area contributed by atoms with E-state index in [1.165, 1.54) is 18.5 Å². The highest BCUT2D eigenvalue weighted by atomic mass is 32.2. The second kappa shape index (κ2) is 5.32. The van der Waals surface area contributed by atoms with Crippen LogP contribution in [0.2, 0.25) is 0 Å². The van der Waals surface area contributed by atoms with Gasteiger partial charge in [-0.15, -0.1) is 0 Å². The van der Waals surface area contributed by atoms with Crippen LogP contribution in [0, 0.1) is 5.92 Å². The van der Waals surface area contributed by atoms with Crippen LogP contribution in [0.5, 0.6) is 0 Å². The third kappa shape index (κ3) is 2.59. The number of fused-ring (bicyclic) bond motifs is 1. The molecule has 3 aliphatic rings. The molecule has 2 aliphatic carbocycles. The predicted molar refractivity (Wildman–Crippen MR) is 81.9 cm³/mol. The SMILES string of the molecule is COC[C@H]1CN(S(=O)(=O)C2CC2)Cc2ncn(CC3CC3)c21. The molecule has 0 amide bonds. The van der Waals surface area contributed by atoms with Crippen LogP contribution in [0.3, 0.4) is 0 Å². The molecule has 7 heteroatoms. The van der Waals surface area contributed by atoms with Gasteiger partial charge in [-0.2, -0.15) is 4.31 Å². The monoisotopic (exact) mass is 325 g/mol. The highest BCUT2D eigenvalue weighted by Crippen LogP contribution is 2.38. The highest BCUT2D eigenvalue weighted by molar-refractivity contribution is 7.90. The van der Waals surface area contributed by atoms with Gasteiger partial charge in [-0.05, 0) is 31.6 Å². The zero-order valence-electron chi connectivity index (χ0n) is 12.9. The molecule has 0 N–H and O–H groups in total. The van der Waals surface area contributed by atoms with Crippen LogP contribution in [0.15, 0.2) is 6.33 Å². The fourth-order valence-corrected chi connectivity index (χ4v) is 5.26. The maximum absolute atomic E-state index is 12.6. The summed E-state index contributed by atoms with van der Waals surface area (Å²) in [5, 5.41) is -0.161. The van der Waals surface area contributed by atoms with Crippen LogP contribution in [0.4, 0.5) is 0 Å². The Morgan fingerprint density at radius 1 is 1.32 bits per heavy atom. The van der Waals surface area contributed by atoms with Gasteiger partial charge < -0.3 is 9.30 Å². The average molecular weight is 325 g/mol. The first-order valence-electron chi connectivity index (χ1n) is 8.11. The van der Waals surface area contributed by atoms with Gasteiger partial charge in [0.05, 0.1) is 30.4 Å². The summed E-state index contributed by atoms with van der Waals surface area (Å²) in [6, 6.07) is 0. The van der Waals surface area contributed by atoms with Gasteiger partial charge in [-0.25, -0.2) is 13.4 Å². The van der Waals surface area contributed by atoms with E-state index < -0.39 is 10.0 Å². The lowest BCUT2D eigenvalue weighted by molar-refractivity contribution is 0.159. The maximum atomic E-state index is 12.6. The van der Waals surface area contributed by atoms with E-state index in [0.717, 1.165) is 31.0 Å². The molecule has 0 spiro atoms. The van der Waals surface area contributed by atoms with Gasteiger partial charge in [0.1, 0.15) is 0 Å². The van der Waals surface area contributed by atoms with Gasteiger partial charge in [0, 0.05) is 31.8 Å². The van der Waals surface area contributed by atoms with Gasteiger partial charge >= 0.3 is 0 Å². The van der Waals surface area contributed by atoms with Crippen molar-refractivity contribution in [3.05, 3.63) is 17.7 Å². The van der Waals surface area contributed by atoms with Crippen LogP contribution < -0.4 is 0 Å². The number of methoxy groups -OCH3 is 1. The van der Waals surface area contributed by atoms with E-state index in [9.17, 15) is 8.42 Å². The van der Waals surface area contributed by atoms with Gasteiger partial charge in [-0.3, -0.25) is 0 Å². The van der Waals surface area contributed by atoms with Crippen molar-refractivity contribution in [3.63, 3.8) is 0 Å². The van der Waals surface area contributed by atoms with Gasteiger partial charge in [0.15, 0.2) is 0 Å². The summed E-state index contributed by atoms with van der Waals surface area (Å²) in [5.74, 6) is 0.859. The molecule has 122 valence electrons. The first kappa shape index (κ1) is 14.7. The number of hydrogen-bond donors (Lipinski definition) is 0. The fourth-order valence-electron chi connectivity index (χ4n) is 3.42. The Morgan fingerprint density at radius 3 is 2.73 bits per heavy atom. The van der Waals surface area contributed by atoms with Crippen molar-refractivity contribution in [2.45, 2.75) is 49.9 Å². The lowest BCUT2D eigenvalue weighted by Crippen LogP contribution is -2.41.